The third-order valence-corrected chi connectivity index (χ3v) is 2.84. The third kappa shape index (κ3) is 3.34. The molecule has 0 heterocycles. The largest absolute Gasteiger partial charge is 0.418 e. The summed E-state index contributed by atoms with van der Waals surface area (Å²) in [5, 5.41) is 0. The SMILES string of the molecule is CCSCc1ccc(C(F)(F)F)c(N)c1. The second kappa shape index (κ2) is 4.79. The van der Waals surface area contributed by atoms with Crippen molar-refractivity contribution in [2.24, 2.45) is 0 Å². The van der Waals surface area contributed by atoms with Gasteiger partial charge in [-0.2, -0.15) is 24.9 Å². The summed E-state index contributed by atoms with van der Waals surface area (Å²) in [4.78, 5) is 0. The molecule has 1 rings (SSSR count). The summed E-state index contributed by atoms with van der Waals surface area (Å²) in [6.07, 6.45) is -4.36. The molecule has 2 N–H and O–H groups in total. The van der Waals surface area contributed by atoms with Gasteiger partial charge in [0.15, 0.2) is 0 Å². The van der Waals surface area contributed by atoms with Gasteiger partial charge < -0.3 is 5.73 Å². The highest BCUT2D eigenvalue weighted by atomic mass is 32.2. The molecule has 0 fully saturated rings. The summed E-state index contributed by atoms with van der Waals surface area (Å²) in [7, 11) is 0. The van der Waals surface area contributed by atoms with Crippen LogP contribution in [0.1, 0.15) is 18.1 Å². The van der Waals surface area contributed by atoms with Crippen molar-refractivity contribution in [1.82, 2.24) is 0 Å². The van der Waals surface area contributed by atoms with Gasteiger partial charge in [-0.15, -0.1) is 0 Å². The van der Waals surface area contributed by atoms with Crippen molar-refractivity contribution >= 4 is 17.4 Å². The van der Waals surface area contributed by atoms with Crippen LogP contribution in [-0.4, -0.2) is 5.75 Å². The summed E-state index contributed by atoms with van der Waals surface area (Å²) in [6.45, 7) is 2.00. The summed E-state index contributed by atoms with van der Waals surface area (Å²) in [6, 6.07) is 3.91. The van der Waals surface area contributed by atoms with Crippen LogP contribution in [-0.2, 0) is 11.9 Å². The fraction of sp³-hybridized carbons (Fsp3) is 0.400. The van der Waals surface area contributed by atoms with Crippen molar-refractivity contribution in [2.75, 3.05) is 11.5 Å². The zero-order valence-electron chi connectivity index (χ0n) is 8.27. The summed E-state index contributed by atoms with van der Waals surface area (Å²) >= 11 is 1.65. The van der Waals surface area contributed by atoms with Crippen LogP contribution < -0.4 is 5.73 Å². The van der Waals surface area contributed by atoms with Crippen LogP contribution in [0.15, 0.2) is 18.2 Å². The topological polar surface area (TPSA) is 26.0 Å². The van der Waals surface area contributed by atoms with Crippen molar-refractivity contribution in [3.05, 3.63) is 29.3 Å². The highest BCUT2D eigenvalue weighted by Gasteiger charge is 2.32. The Labute approximate surface area is 90.9 Å². The number of nitrogen functional groups attached to an aromatic ring is 1. The number of hydrogen-bond acceptors (Lipinski definition) is 2. The Bertz CT molecular complexity index is 336. The number of thioether (sulfide) groups is 1. The van der Waals surface area contributed by atoms with E-state index in [0.29, 0.717) is 5.75 Å². The molecule has 1 aromatic rings. The molecule has 0 amide bonds. The second-order valence-electron chi connectivity index (χ2n) is 3.06. The van der Waals surface area contributed by atoms with Gasteiger partial charge in [0.2, 0.25) is 0 Å². The predicted molar refractivity (Wildman–Crippen MR) is 57.7 cm³/mol. The predicted octanol–water partition coefficient (Wildman–Crippen LogP) is 3.54. The molecule has 0 aliphatic heterocycles. The minimum absolute atomic E-state index is 0.197. The molecule has 1 aromatic carbocycles. The molecule has 0 unspecified atom stereocenters. The van der Waals surface area contributed by atoms with Crippen LogP contribution in [0.5, 0.6) is 0 Å². The first kappa shape index (κ1) is 12.2. The quantitative estimate of drug-likeness (QED) is 0.811. The van der Waals surface area contributed by atoms with Gasteiger partial charge in [0.1, 0.15) is 0 Å². The van der Waals surface area contributed by atoms with Crippen LogP contribution >= 0.6 is 11.8 Å². The lowest BCUT2D eigenvalue weighted by molar-refractivity contribution is -0.136. The van der Waals surface area contributed by atoms with Crippen LogP contribution in [0.2, 0.25) is 0 Å². The first-order valence-corrected chi connectivity index (χ1v) is 5.64. The van der Waals surface area contributed by atoms with Gasteiger partial charge in [0.25, 0.3) is 0 Å². The molecular formula is C10H12F3NS. The first-order valence-electron chi connectivity index (χ1n) is 4.48. The van der Waals surface area contributed by atoms with Gasteiger partial charge >= 0.3 is 6.18 Å². The average Bonchev–Trinajstić information content (AvgIpc) is 2.12. The van der Waals surface area contributed by atoms with Gasteiger partial charge in [0, 0.05) is 11.4 Å². The summed E-state index contributed by atoms with van der Waals surface area (Å²) in [5.41, 5.74) is 5.22. The maximum Gasteiger partial charge on any atom is 0.418 e. The average molecular weight is 235 g/mol. The number of alkyl halides is 3. The Balaban J connectivity index is 2.89. The van der Waals surface area contributed by atoms with E-state index in [0.717, 1.165) is 17.4 Å². The van der Waals surface area contributed by atoms with Crippen LogP contribution in [0.25, 0.3) is 0 Å². The van der Waals surface area contributed by atoms with E-state index >= 15 is 0 Å². The molecule has 0 radical (unpaired) electrons. The Morgan fingerprint density at radius 3 is 2.47 bits per heavy atom. The zero-order chi connectivity index (χ0) is 11.5. The number of rotatable bonds is 3. The Morgan fingerprint density at radius 1 is 1.33 bits per heavy atom. The molecule has 0 atom stereocenters. The molecule has 0 saturated heterocycles. The fourth-order valence-corrected chi connectivity index (χ4v) is 1.80. The highest BCUT2D eigenvalue weighted by Crippen LogP contribution is 2.34. The molecule has 0 aliphatic carbocycles. The molecule has 0 aliphatic rings. The molecule has 15 heavy (non-hydrogen) atoms. The van der Waals surface area contributed by atoms with Crippen molar-refractivity contribution in [3.63, 3.8) is 0 Å². The molecule has 0 aromatic heterocycles. The Hall–Kier alpha value is -0.840. The summed E-state index contributed by atoms with van der Waals surface area (Å²) in [5.74, 6) is 1.62. The number of benzene rings is 1. The van der Waals surface area contributed by atoms with E-state index in [9.17, 15) is 13.2 Å². The second-order valence-corrected chi connectivity index (χ2v) is 4.33. The fourth-order valence-electron chi connectivity index (χ4n) is 1.18. The van der Waals surface area contributed by atoms with Crippen LogP contribution in [0, 0.1) is 0 Å². The molecule has 0 spiro atoms. The smallest absolute Gasteiger partial charge is 0.398 e. The minimum atomic E-state index is -4.36. The number of anilines is 1. The molecular weight excluding hydrogens is 223 g/mol. The van der Waals surface area contributed by atoms with Crippen molar-refractivity contribution in [2.45, 2.75) is 18.9 Å². The van der Waals surface area contributed by atoms with Gasteiger partial charge in [0.05, 0.1) is 5.56 Å². The van der Waals surface area contributed by atoms with Gasteiger partial charge in [-0.1, -0.05) is 13.0 Å². The lowest BCUT2D eigenvalue weighted by atomic mass is 10.1. The van der Waals surface area contributed by atoms with E-state index in [2.05, 4.69) is 0 Å². The highest BCUT2D eigenvalue weighted by molar-refractivity contribution is 7.98. The Morgan fingerprint density at radius 2 is 2.00 bits per heavy atom. The standard InChI is InChI=1S/C10H12F3NS/c1-2-15-6-7-3-4-8(9(14)5-7)10(11,12)13/h3-5H,2,6,14H2,1H3. The maximum absolute atomic E-state index is 12.3. The zero-order valence-corrected chi connectivity index (χ0v) is 9.08. The molecule has 84 valence electrons. The lowest BCUT2D eigenvalue weighted by Crippen LogP contribution is -2.09. The van der Waals surface area contributed by atoms with E-state index in [-0.39, 0.29) is 5.69 Å². The first-order chi connectivity index (χ1) is 6.95. The normalized spacial score (nSPS) is 11.7. The van der Waals surface area contributed by atoms with Crippen molar-refractivity contribution < 1.29 is 13.2 Å². The van der Waals surface area contributed by atoms with Crippen molar-refractivity contribution in [3.8, 4) is 0 Å². The minimum Gasteiger partial charge on any atom is -0.398 e. The van der Waals surface area contributed by atoms with Crippen molar-refractivity contribution in [1.29, 1.82) is 0 Å². The van der Waals surface area contributed by atoms with Crippen LogP contribution in [0.3, 0.4) is 0 Å². The Kier molecular flexibility index (Phi) is 3.90. The van der Waals surface area contributed by atoms with E-state index in [1.807, 2.05) is 6.92 Å². The number of nitrogens with two attached hydrogens (primary N) is 1. The molecule has 1 nitrogen and oxygen atoms in total. The number of halogens is 3. The van der Waals surface area contributed by atoms with E-state index in [1.165, 1.54) is 12.1 Å². The number of hydrogen-bond donors (Lipinski definition) is 1. The molecule has 5 heteroatoms. The van der Waals surface area contributed by atoms with Gasteiger partial charge in [-0.3, -0.25) is 0 Å². The maximum atomic E-state index is 12.3. The summed E-state index contributed by atoms with van der Waals surface area (Å²) < 4.78 is 37.0. The van der Waals surface area contributed by atoms with Gasteiger partial charge in [-0.25, -0.2) is 0 Å². The monoisotopic (exact) mass is 235 g/mol. The molecule has 0 bridgehead atoms. The van der Waals surface area contributed by atoms with E-state index in [1.54, 1.807) is 11.8 Å². The third-order valence-electron chi connectivity index (χ3n) is 1.89. The molecule has 0 saturated carbocycles. The van der Waals surface area contributed by atoms with Crippen LogP contribution in [0.4, 0.5) is 18.9 Å². The van der Waals surface area contributed by atoms with E-state index < -0.39 is 11.7 Å². The van der Waals surface area contributed by atoms with Gasteiger partial charge in [-0.05, 0) is 23.4 Å². The lowest BCUT2D eigenvalue weighted by Gasteiger charge is -2.10. The van der Waals surface area contributed by atoms with E-state index in [4.69, 9.17) is 5.73 Å².